The fourth-order valence-corrected chi connectivity index (χ4v) is 2.68. The van der Waals surface area contributed by atoms with Crippen LogP contribution in [0.15, 0.2) is 42.6 Å². The molecule has 0 spiro atoms. The van der Waals surface area contributed by atoms with Crippen LogP contribution in [0, 0.1) is 0 Å². The number of fused-ring (bicyclic) bond motifs is 1. The van der Waals surface area contributed by atoms with E-state index in [1.165, 1.54) is 30.5 Å². The molecule has 0 radical (unpaired) electrons. The molecule has 0 aliphatic carbocycles. The van der Waals surface area contributed by atoms with Gasteiger partial charge in [-0.05, 0) is 36.4 Å². The minimum Gasteiger partial charge on any atom is -0.478 e. The molecule has 0 bridgehead atoms. The highest BCUT2D eigenvalue weighted by Gasteiger charge is 2.11. The molecule has 0 aliphatic rings. The predicted octanol–water partition coefficient (Wildman–Crippen LogP) is 4.61. The number of nitrogen functional groups attached to an aromatic ring is 1. The second-order valence-corrected chi connectivity index (χ2v) is 5.61. The van der Waals surface area contributed by atoms with Crippen LogP contribution in [0.1, 0.15) is 10.4 Å². The number of halogens is 2. The summed E-state index contributed by atoms with van der Waals surface area (Å²) in [5.41, 5.74) is 6.89. The number of rotatable bonds is 3. The van der Waals surface area contributed by atoms with Crippen molar-refractivity contribution in [3.05, 3.63) is 58.2 Å². The van der Waals surface area contributed by atoms with Gasteiger partial charge in [0.25, 0.3) is 0 Å². The standard InChI is InChI=1S/C16H10Cl2N2O3/c17-12-5-10(19)6-13(18)15(12)23-11-4-9-3-8(16(21)22)1-2-14(9)20-7-11/h1-7H,19H2,(H,21,22). The van der Waals surface area contributed by atoms with Crippen molar-refractivity contribution in [3.63, 3.8) is 0 Å². The smallest absolute Gasteiger partial charge is 0.335 e. The number of aromatic nitrogens is 1. The Hall–Kier alpha value is -2.50. The summed E-state index contributed by atoms with van der Waals surface area (Å²) in [7, 11) is 0. The average molecular weight is 349 g/mol. The number of carboxylic acid groups (broad SMARTS) is 1. The highest BCUT2D eigenvalue weighted by Crippen LogP contribution is 2.38. The van der Waals surface area contributed by atoms with Crippen molar-refractivity contribution in [2.75, 3.05) is 5.73 Å². The second kappa shape index (κ2) is 5.95. The fraction of sp³-hybridized carbons (Fsp3) is 0. The molecule has 0 atom stereocenters. The molecule has 7 heteroatoms. The van der Waals surface area contributed by atoms with Crippen LogP contribution in [0.5, 0.6) is 11.5 Å². The van der Waals surface area contributed by atoms with Gasteiger partial charge in [-0.2, -0.15) is 0 Å². The van der Waals surface area contributed by atoms with Gasteiger partial charge in [-0.1, -0.05) is 23.2 Å². The number of benzene rings is 2. The number of nitrogens with zero attached hydrogens (tertiary/aromatic N) is 1. The van der Waals surface area contributed by atoms with E-state index in [1.807, 2.05) is 0 Å². The molecule has 0 fully saturated rings. The van der Waals surface area contributed by atoms with E-state index in [-0.39, 0.29) is 21.4 Å². The van der Waals surface area contributed by atoms with Crippen LogP contribution in [0.4, 0.5) is 5.69 Å². The van der Waals surface area contributed by atoms with E-state index < -0.39 is 5.97 Å². The highest BCUT2D eigenvalue weighted by molar-refractivity contribution is 6.37. The van der Waals surface area contributed by atoms with E-state index >= 15 is 0 Å². The number of nitrogens with two attached hydrogens (primary N) is 1. The Kier molecular flexibility index (Phi) is 3.98. The van der Waals surface area contributed by atoms with Gasteiger partial charge < -0.3 is 15.6 Å². The monoisotopic (exact) mass is 348 g/mol. The summed E-state index contributed by atoms with van der Waals surface area (Å²) < 4.78 is 5.67. The van der Waals surface area contributed by atoms with Gasteiger partial charge >= 0.3 is 5.97 Å². The van der Waals surface area contributed by atoms with E-state index in [0.717, 1.165) is 0 Å². The molecule has 0 unspecified atom stereocenters. The van der Waals surface area contributed by atoms with Crippen molar-refractivity contribution >= 4 is 45.8 Å². The number of carboxylic acids is 1. The first kappa shape index (κ1) is 15.4. The molecule has 116 valence electrons. The first-order valence-electron chi connectivity index (χ1n) is 6.49. The Morgan fingerprint density at radius 3 is 2.48 bits per heavy atom. The molecule has 0 amide bonds. The third kappa shape index (κ3) is 3.16. The van der Waals surface area contributed by atoms with Crippen molar-refractivity contribution in [2.45, 2.75) is 0 Å². The van der Waals surface area contributed by atoms with Crippen LogP contribution in [0.2, 0.25) is 10.0 Å². The van der Waals surface area contributed by atoms with Crippen LogP contribution in [0.25, 0.3) is 10.9 Å². The number of aromatic carboxylic acids is 1. The molecule has 5 nitrogen and oxygen atoms in total. The topological polar surface area (TPSA) is 85.4 Å². The van der Waals surface area contributed by atoms with Crippen molar-refractivity contribution < 1.29 is 14.6 Å². The van der Waals surface area contributed by atoms with Crippen LogP contribution in [-0.2, 0) is 0 Å². The van der Waals surface area contributed by atoms with Crippen molar-refractivity contribution in [2.24, 2.45) is 0 Å². The minimum atomic E-state index is -1.01. The van der Waals surface area contributed by atoms with Gasteiger partial charge in [-0.3, -0.25) is 4.98 Å². The van der Waals surface area contributed by atoms with Crippen molar-refractivity contribution in [1.82, 2.24) is 4.98 Å². The van der Waals surface area contributed by atoms with Crippen molar-refractivity contribution in [1.29, 1.82) is 0 Å². The Balaban J connectivity index is 2.02. The minimum absolute atomic E-state index is 0.167. The van der Waals surface area contributed by atoms with Crippen LogP contribution in [-0.4, -0.2) is 16.1 Å². The number of pyridine rings is 1. The third-order valence-electron chi connectivity index (χ3n) is 3.14. The number of hydrogen-bond acceptors (Lipinski definition) is 4. The number of hydrogen-bond donors (Lipinski definition) is 2. The van der Waals surface area contributed by atoms with Crippen molar-refractivity contribution in [3.8, 4) is 11.5 Å². The van der Waals surface area contributed by atoms with Crippen LogP contribution >= 0.6 is 23.2 Å². The zero-order valence-electron chi connectivity index (χ0n) is 11.6. The fourth-order valence-electron chi connectivity index (χ4n) is 2.10. The summed E-state index contributed by atoms with van der Waals surface area (Å²) in [4.78, 5) is 15.3. The molecule has 1 heterocycles. The van der Waals surface area contributed by atoms with Gasteiger partial charge in [0.05, 0.1) is 27.3 Å². The summed E-state index contributed by atoms with van der Waals surface area (Å²) in [5.74, 6) is -0.366. The lowest BCUT2D eigenvalue weighted by Crippen LogP contribution is -1.96. The van der Waals surface area contributed by atoms with Crippen LogP contribution in [0.3, 0.4) is 0 Å². The average Bonchev–Trinajstić information content (AvgIpc) is 2.50. The Morgan fingerprint density at radius 1 is 1.13 bits per heavy atom. The lowest BCUT2D eigenvalue weighted by molar-refractivity contribution is 0.0697. The van der Waals surface area contributed by atoms with Gasteiger partial charge in [0.15, 0.2) is 5.75 Å². The Bertz CT molecular complexity index is 905. The number of carbonyl (C=O) groups is 1. The van der Waals surface area contributed by atoms with E-state index in [2.05, 4.69) is 4.98 Å². The SMILES string of the molecule is Nc1cc(Cl)c(Oc2cnc3ccc(C(=O)O)cc3c2)c(Cl)c1. The maximum absolute atomic E-state index is 11.0. The van der Waals surface area contributed by atoms with Crippen LogP contribution < -0.4 is 10.5 Å². The van der Waals surface area contributed by atoms with Gasteiger partial charge in [0.2, 0.25) is 0 Å². The molecule has 3 rings (SSSR count). The van der Waals surface area contributed by atoms with E-state index in [9.17, 15) is 4.79 Å². The normalized spacial score (nSPS) is 10.7. The Morgan fingerprint density at radius 2 is 1.83 bits per heavy atom. The van der Waals surface area contributed by atoms with E-state index in [1.54, 1.807) is 12.1 Å². The van der Waals surface area contributed by atoms with Gasteiger partial charge in [-0.15, -0.1) is 0 Å². The summed E-state index contributed by atoms with van der Waals surface area (Å²) in [5, 5.41) is 10.2. The molecule has 0 saturated heterocycles. The maximum atomic E-state index is 11.0. The Labute approximate surface area is 141 Å². The highest BCUT2D eigenvalue weighted by atomic mass is 35.5. The predicted molar refractivity (Wildman–Crippen MR) is 89.7 cm³/mol. The maximum Gasteiger partial charge on any atom is 0.335 e. The first-order valence-corrected chi connectivity index (χ1v) is 7.25. The summed E-state index contributed by atoms with van der Waals surface area (Å²) in [6, 6.07) is 9.36. The number of ether oxygens (including phenoxy) is 1. The molecule has 3 N–H and O–H groups in total. The first-order chi connectivity index (χ1) is 10.9. The molecule has 0 aliphatic heterocycles. The zero-order valence-corrected chi connectivity index (χ0v) is 13.1. The van der Waals surface area contributed by atoms with Gasteiger partial charge in [0, 0.05) is 11.1 Å². The molecule has 1 aromatic heterocycles. The molecule has 2 aromatic carbocycles. The van der Waals surface area contributed by atoms with E-state index in [0.29, 0.717) is 22.3 Å². The van der Waals surface area contributed by atoms with Gasteiger partial charge in [-0.25, -0.2) is 4.79 Å². The largest absolute Gasteiger partial charge is 0.478 e. The number of anilines is 1. The second-order valence-electron chi connectivity index (χ2n) is 4.80. The lowest BCUT2D eigenvalue weighted by Gasteiger charge is -2.10. The zero-order chi connectivity index (χ0) is 16.6. The molecular weight excluding hydrogens is 339 g/mol. The quantitative estimate of drug-likeness (QED) is 0.674. The molecular formula is C16H10Cl2N2O3. The summed E-state index contributed by atoms with van der Waals surface area (Å²) >= 11 is 12.2. The van der Waals surface area contributed by atoms with Gasteiger partial charge in [0.1, 0.15) is 5.75 Å². The molecule has 23 heavy (non-hydrogen) atoms. The summed E-state index contributed by atoms with van der Waals surface area (Å²) in [6.45, 7) is 0. The molecule has 3 aromatic rings. The lowest BCUT2D eigenvalue weighted by atomic mass is 10.1. The van der Waals surface area contributed by atoms with E-state index in [4.69, 9.17) is 38.8 Å². The third-order valence-corrected chi connectivity index (χ3v) is 3.71. The summed E-state index contributed by atoms with van der Waals surface area (Å²) in [6.07, 6.45) is 1.51. The molecule has 0 saturated carbocycles.